The van der Waals surface area contributed by atoms with Crippen molar-refractivity contribution in [1.29, 1.82) is 0 Å². The molecule has 1 N–H and O–H groups in total. The summed E-state index contributed by atoms with van der Waals surface area (Å²) in [4.78, 5) is 12.2. The summed E-state index contributed by atoms with van der Waals surface area (Å²) >= 11 is 0. The van der Waals surface area contributed by atoms with Gasteiger partial charge in [-0.3, -0.25) is 9.10 Å². The predicted octanol–water partition coefficient (Wildman–Crippen LogP) is 3.73. The van der Waals surface area contributed by atoms with Gasteiger partial charge in [-0.25, -0.2) is 8.42 Å². The van der Waals surface area contributed by atoms with E-state index in [-0.39, 0.29) is 24.9 Å². The van der Waals surface area contributed by atoms with Crippen molar-refractivity contribution in [2.75, 3.05) is 17.1 Å². The molecule has 1 atom stereocenters. The fourth-order valence-corrected chi connectivity index (χ4v) is 4.01. The first-order chi connectivity index (χ1) is 12.7. The number of hydrogen-bond acceptors (Lipinski definition) is 3. The van der Waals surface area contributed by atoms with Gasteiger partial charge in [0.05, 0.1) is 18.0 Å². The Labute approximate surface area is 162 Å². The van der Waals surface area contributed by atoms with Gasteiger partial charge in [0.25, 0.3) is 0 Å². The highest BCUT2D eigenvalue weighted by atomic mass is 32.2. The molecule has 27 heavy (non-hydrogen) atoms. The Hall–Kier alpha value is -2.34. The number of amides is 1. The van der Waals surface area contributed by atoms with Gasteiger partial charge in [0.1, 0.15) is 0 Å². The molecular weight excluding hydrogens is 360 g/mol. The Morgan fingerprint density at radius 1 is 1.07 bits per heavy atom. The van der Waals surface area contributed by atoms with Gasteiger partial charge in [0, 0.05) is 13.0 Å². The van der Waals surface area contributed by atoms with E-state index in [0.29, 0.717) is 12.1 Å². The van der Waals surface area contributed by atoms with Crippen molar-refractivity contribution in [3.63, 3.8) is 0 Å². The average Bonchev–Trinajstić information content (AvgIpc) is 2.61. The van der Waals surface area contributed by atoms with Crippen LogP contribution in [0.15, 0.2) is 48.5 Å². The van der Waals surface area contributed by atoms with Gasteiger partial charge in [-0.2, -0.15) is 0 Å². The molecule has 2 aromatic carbocycles. The van der Waals surface area contributed by atoms with Crippen molar-refractivity contribution in [2.45, 2.75) is 39.7 Å². The zero-order valence-corrected chi connectivity index (χ0v) is 17.2. The summed E-state index contributed by atoms with van der Waals surface area (Å²) < 4.78 is 25.9. The lowest BCUT2D eigenvalue weighted by Crippen LogP contribution is -2.33. The molecule has 6 heteroatoms. The Balaban J connectivity index is 1.98. The van der Waals surface area contributed by atoms with Gasteiger partial charge < -0.3 is 5.32 Å². The van der Waals surface area contributed by atoms with Crippen LogP contribution in [0.2, 0.25) is 0 Å². The molecule has 0 heterocycles. The maximum Gasteiger partial charge on any atom is 0.232 e. The van der Waals surface area contributed by atoms with Crippen LogP contribution in [0, 0.1) is 13.8 Å². The van der Waals surface area contributed by atoms with Gasteiger partial charge in [0.15, 0.2) is 0 Å². The molecule has 0 bridgehead atoms. The number of sulfonamides is 1. The third kappa shape index (κ3) is 5.82. The quantitative estimate of drug-likeness (QED) is 0.749. The second-order valence-electron chi connectivity index (χ2n) is 6.86. The van der Waals surface area contributed by atoms with Crippen molar-refractivity contribution in [1.82, 2.24) is 5.32 Å². The van der Waals surface area contributed by atoms with Gasteiger partial charge >= 0.3 is 0 Å². The molecule has 0 aliphatic rings. The summed E-state index contributed by atoms with van der Waals surface area (Å²) in [5, 5.41) is 2.96. The maximum absolute atomic E-state index is 12.3. The SMILES string of the molecule is Cc1cccc(N(CCCC(=O)N[C@H](C)c2ccccc2)S(C)(=O)=O)c1C. The lowest BCUT2D eigenvalue weighted by molar-refractivity contribution is -0.121. The smallest absolute Gasteiger partial charge is 0.232 e. The fourth-order valence-electron chi connectivity index (χ4n) is 2.99. The minimum atomic E-state index is -3.42. The standard InChI is InChI=1S/C21H28N2O3S/c1-16-10-8-13-20(17(16)2)23(27(4,25)26)15-9-14-21(24)22-18(3)19-11-6-5-7-12-19/h5-8,10-13,18H,9,14-15H2,1-4H3,(H,22,24)/t18-/m1/s1. The first-order valence-electron chi connectivity index (χ1n) is 9.08. The molecule has 0 saturated carbocycles. The molecule has 0 aliphatic heterocycles. The van der Waals surface area contributed by atoms with Crippen LogP contribution in [-0.4, -0.2) is 27.1 Å². The van der Waals surface area contributed by atoms with E-state index < -0.39 is 10.0 Å². The van der Waals surface area contributed by atoms with Crippen LogP contribution in [-0.2, 0) is 14.8 Å². The molecule has 0 spiro atoms. The number of rotatable bonds is 8. The molecule has 0 fully saturated rings. The molecule has 5 nitrogen and oxygen atoms in total. The Morgan fingerprint density at radius 2 is 1.74 bits per heavy atom. The van der Waals surface area contributed by atoms with Crippen LogP contribution in [0.3, 0.4) is 0 Å². The number of carbonyl (C=O) groups excluding carboxylic acids is 1. The zero-order valence-electron chi connectivity index (χ0n) is 16.4. The Kier molecular flexibility index (Phi) is 7.02. The van der Waals surface area contributed by atoms with Crippen LogP contribution < -0.4 is 9.62 Å². The molecule has 0 radical (unpaired) electrons. The normalized spacial score (nSPS) is 12.4. The molecule has 2 aromatic rings. The third-order valence-corrected chi connectivity index (χ3v) is 5.87. The van der Waals surface area contributed by atoms with Gasteiger partial charge in [-0.1, -0.05) is 42.5 Å². The first-order valence-corrected chi connectivity index (χ1v) is 10.9. The number of nitrogens with one attached hydrogen (secondary N) is 1. The zero-order chi connectivity index (χ0) is 20.0. The molecule has 0 aliphatic carbocycles. The highest BCUT2D eigenvalue weighted by molar-refractivity contribution is 7.92. The number of aryl methyl sites for hydroxylation is 1. The van der Waals surface area contributed by atoms with Crippen molar-refractivity contribution < 1.29 is 13.2 Å². The third-order valence-electron chi connectivity index (χ3n) is 4.69. The van der Waals surface area contributed by atoms with Crippen LogP contribution >= 0.6 is 0 Å². The number of hydrogen-bond donors (Lipinski definition) is 1. The van der Waals surface area contributed by atoms with Crippen LogP contribution in [0.4, 0.5) is 5.69 Å². The minimum absolute atomic E-state index is 0.0799. The molecule has 2 rings (SSSR count). The van der Waals surface area contributed by atoms with Crippen molar-refractivity contribution in [3.8, 4) is 0 Å². The molecule has 146 valence electrons. The average molecular weight is 389 g/mol. The van der Waals surface area contributed by atoms with Crippen LogP contribution in [0.5, 0.6) is 0 Å². The lowest BCUT2D eigenvalue weighted by atomic mass is 10.1. The number of benzene rings is 2. The molecule has 0 aromatic heterocycles. The monoisotopic (exact) mass is 388 g/mol. The summed E-state index contributed by atoms with van der Waals surface area (Å²) in [5.41, 5.74) is 3.69. The topological polar surface area (TPSA) is 66.5 Å². The number of carbonyl (C=O) groups is 1. The highest BCUT2D eigenvalue weighted by Gasteiger charge is 2.20. The van der Waals surface area contributed by atoms with E-state index in [0.717, 1.165) is 16.7 Å². The summed E-state index contributed by atoms with van der Waals surface area (Å²) in [6, 6.07) is 15.3. The van der Waals surface area contributed by atoms with E-state index in [9.17, 15) is 13.2 Å². The highest BCUT2D eigenvalue weighted by Crippen LogP contribution is 2.25. The van der Waals surface area contributed by atoms with Crippen LogP contribution in [0.1, 0.15) is 42.5 Å². The van der Waals surface area contributed by atoms with Crippen molar-refractivity contribution in [2.24, 2.45) is 0 Å². The van der Waals surface area contributed by atoms with E-state index in [1.807, 2.05) is 63.2 Å². The maximum atomic E-state index is 12.3. The van der Waals surface area contributed by atoms with E-state index >= 15 is 0 Å². The molecule has 1 amide bonds. The summed E-state index contributed by atoms with van der Waals surface area (Å²) in [7, 11) is -3.42. The number of nitrogens with zero attached hydrogens (tertiary/aromatic N) is 1. The largest absolute Gasteiger partial charge is 0.350 e. The second-order valence-corrected chi connectivity index (χ2v) is 8.76. The molecule has 0 saturated heterocycles. The van der Waals surface area contributed by atoms with Gasteiger partial charge in [-0.05, 0) is 49.9 Å². The lowest BCUT2D eigenvalue weighted by Gasteiger charge is -2.25. The Morgan fingerprint density at radius 3 is 2.37 bits per heavy atom. The van der Waals surface area contributed by atoms with Crippen molar-refractivity contribution in [3.05, 3.63) is 65.2 Å². The van der Waals surface area contributed by atoms with E-state index in [2.05, 4.69) is 5.32 Å². The fraction of sp³-hybridized carbons (Fsp3) is 0.381. The van der Waals surface area contributed by atoms with E-state index in [1.54, 1.807) is 6.07 Å². The summed E-state index contributed by atoms with van der Waals surface area (Å²) in [6.45, 7) is 6.08. The van der Waals surface area contributed by atoms with Gasteiger partial charge in [0.2, 0.25) is 15.9 Å². The first kappa shape index (κ1) is 21.0. The molecular formula is C21H28N2O3S. The Bertz CT molecular complexity index is 880. The minimum Gasteiger partial charge on any atom is -0.350 e. The van der Waals surface area contributed by atoms with E-state index in [4.69, 9.17) is 0 Å². The predicted molar refractivity (Wildman–Crippen MR) is 110 cm³/mol. The van der Waals surface area contributed by atoms with E-state index in [1.165, 1.54) is 10.6 Å². The number of anilines is 1. The van der Waals surface area contributed by atoms with Crippen LogP contribution in [0.25, 0.3) is 0 Å². The molecule has 0 unspecified atom stereocenters. The van der Waals surface area contributed by atoms with Gasteiger partial charge in [-0.15, -0.1) is 0 Å². The van der Waals surface area contributed by atoms with Crippen molar-refractivity contribution >= 4 is 21.6 Å². The second kappa shape index (κ2) is 9.04. The summed E-state index contributed by atoms with van der Waals surface area (Å²) in [5.74, 6) is -0.0826. The summed E-state index contributed by atoms with van der Waals surface area (Å²) in [6.07, 6.45) is 1.92.